The summed E-state index contributed by atoms with van der Waals surface area (Å²) in [5, 5.41) is 0. The van der Waals surface area contributed by atoms with Crippen LogP contribution in [0.1, 0.15) is 57.8 Å². The summed E-state index contributed by atoms with van der Waals surface area (Å²) < 4.78 is 2.20. The highest BCUT2D eigenvalue weighted by molar-refractivity contribution is 4.74. The molecule has 0 spiro atoms. The van der Waals surface area contributed by atoms with Crippen LogP contribution < -0.4 is 0 Å². The van der Waals surface area contributed by atoms with Crippen LogP contribution in [-0.4, -0.2) is 9.55 Å². The second kappa shape index (κ2) is 6.72. The van der Waals surface area contributed by atoms with Gasteiger partial charge in [0.05, 0.1) is 6.33 Å². The average Bonchev–Trinajstić information content (AvgIpc) is 2.73. The highest BCUT2D eigenvalue weighted by Crippen LogP contribution is 2.25. The Kier molecular flexibility index (Phi) is 4.91. The highest BCUT2D eigenvalue weighted by atomic mass is 15.0. The van der Waals surface area contributed by atoms with Crippen LogP contribution in [0.25, 0.3) is 0 Å². The van der Waals surface area contributed by atoms with E-state index in [0.29, 0.717) is 0 Å². The van der Waals surface area contributed by atoms with Crippen LogP contribution in [-0.2, 0) is 6.54 Å². The Hall–Kier alpha value is -0.790. The van der Waals surface area contributed by atoms with E-state index in [4.69, 9.17) is 0 Å². The molecule has 0 aromatic carbocycles. The van der Waals surface area contributed by atoms with Crippen LogP contribution in [0.4, 0.5) is 0 Å². The minimum atomic E-state index is 1.00. The predicted octanol–water partition coefficient (Wildman–Crippen LogP) is 4.02. The van der Waals surface area contributed by atoms with Crippen molar-refractivity contribution in [2.75, 3.05) is 0 Å². The van der Waals surface area contributed by atoms with Crippen LogP contribution >= 0.6 is 0 Å². The van der Waals surface area contributed by atoms with Crippen molar-refractivity contribution in [2.45, 2.75) is 64.3 Å². The lowest BCUT2D eigenvalue weighted by Gasteiger charge is -2.19. The molecule has 2 nitrogen and oxygen atoms in total. The van der Waals surface area contributed by atoms with Gasteiger partial charge in [-0.1, -0.05) is 44.9 Å². The Bertz CT molecular complexity index is 258. The molecule has 1 heterocycles. The van der Waals surface area contributed by atoms with Gasteiger partial charge in [0.25, 0.3) is 0 Å². The van der Waals surface area contributed by atoms with E-state index in [1.54, 1.807) is 0 Å². The summed E-state index contributed by atoms with van der Waals surface area (Å²) in [5.41, 5.74) is 0. The number of hydrogen-bond acceptors (Lipinski definition) is 1. The highest BCUT2D eigenvalue weighted by Gasteiger charge is 2.10. The number of imidazole rings is 1. The molecule has 90 valence electrons. The zero-order valence-electron chi connectivity index (χ0n) is 10.3. The largest absolute Gasteiger partial charge is 0.337 e. The maximum Gasteiger partial charge on any atom is 0.0945 e. The summed E-state index contributed by atoms with van der Waals surface area (Å²) in [6, 6.07) is 0. The van der Waals surface area contributed by atoms with Crippen molar-refractivity contribution in [1.82, 2.24) is 9.55 Å². The van der Waals surface area contributed by atoms with Crippen molar-refractivity contribution >= 4 is 0 Å². The summed E-state index contributed by atoms with van der Waals surface area (Å²) in [5.74, 6) is 1.00. The van der Waals surface area contributed by atoms with Gasteiger partial charge in [-0.2, -0.15) is 0 Å². The second-order valence-electron chi connectivity index (χ2n) is 5.15. The molecule has 0 saturated heterocycles. The summed E-state index contributed by atoms with van der Waals surface area (Å²) in [6.45, 7) is 1.15. The summed E-state index contributed by atoms with van der Waals surface area (Å²) in [6.07, 6.45) is 18.9. The third kappa shape index (κ3) is 3.99. The Labute approximate surface area is 99.1 Å². The Balaban J connectivity index is 1.64. The number of aromatic nitrogens is 2. The Morgan fingerprint density at radius 2 is 1.81 bits per heavy atom. The van der Waals surface area contributed by atoms with Gasteiger partial charge in [0, 0.05) is 18.9 Å². The molecule has 0 bridgehead atoms. The molecule has 2 rings (SSSR count). The van der Waals surface area contributed by atoms with Crippen LogP contribution in [0.3, 0.4) is 0 Å². The number of aryl methyl sites for hydroxylation is 1. The van der Waals surface area contributed by atoms with Crippen LogP contribution in [0.5, 0.6) is 0 Å². The van der Waals surface area contributed by atoms with Crippen molar-refractivity contribution < 1.29 is 0 Å². The molecule has 0 N–H and O–H groups in total. The van der Waals surface area contributed by atoms with E-state index in [-0.39, 0.29) is 0 Å². The van der Waals surface area contributed by atoms with Gasteiger partial charge in [0.2, 0.25) is 0 Å². The van der Waals surface area contributed by atoms with E-state index < -0.39 is 0 Å². The fourth-order valence-corrected chi connectivity index (χ4v) is 2.81. The van der Waals surface area contributed by atoms with Gasteiger partial charge in [-0.05, 0) is 18.8 Å². The zero-order chi connectivity index (χ0) is 11.1. The molecule has 1 aliphatic carbocycles. The van der Waals surface area contributed by atoms with E-state index in [9.17, 15) is 0 Å². The first-order valence-electron chi connectivity index (χ1n) is 6.91. The maximum atomic E-state index is 4.08. The topological polar surface area (TPSA) is 17.8 Å². The number of hydrogen-bond donors (Lipinski definition) is 0. The summed E-state index contributed by atoms with van der Waals surface area (Å²) in [4.78, 5) is 4.08. The normalized spacial score (nSPS) is 19.2. The smallest absolute Gasteiger partial charge is 0.0945 e. The van der Waals surface area contributed by atoms with Gasteiger partial charge < -0.3 is 4.57 Å². The average molecular weight is 220 g/mol. The first kappa shape index (κ1) is 11.7. The minimum Gasteiger partial charge on any atom is -0.337 e. The molecule has 0 aliphatic heterocycles. The van der Waals surface area contributed by atoms with Crippen LogP contribution in [0.15, 0.2) is 18.7 Å². The van der Waals surface area contributed by atoms with E-state index in [1.165, 1.54) is 57.8 Å². The van der Waals surface area contributed by atoms with Crippen molar-refractivity contribution in [2.24, 2.45) is 5.92 Å². The molecular weight excluding hydrogens is 196 g/mol. The predicted molar refractivity (Wildman–Crippen MR) is 67.3 cm³/mol. The fourth-order valence-electron chi connectivity index (χ4n) is 2.81. The maximum absolute atomic E-state index is 4.08. The molecular formula is C14H24N2. The quantitative estimate of drug-likeness (QED) is 0.749. The lowest BCUT2D eigenvalue weighted by molar-refractivity contribution is 0.345. The zero-order valence-corrected chi connectivity index (χ0v) is 10.3. The van der Waals surface area contributed by atoms with Gasteiger partial charge in [-0.15, -0.1) is 0 Å². The molecule has 0 unspecified atom stereocenters. The molecule has 1 aromatic heterocycles. The fraction of sp³-hybridized carbons (Fsp3) is 0.786. The molecule has 0 atom stereocenters. The molecule has 0 radical (unpaired) electrons. The third-order valence-corrected chi connectivity index (χ3v) is 3.81. The third-order valence-electron chi connectivity index (χ3n) is 3.81. The van der Waals surface area contributed by atoms with Gasteiger partial charge in [-0.3, -0.25) is 0 Å². The molecule has 2 heteroatoms. The van der Waals surface area contributed by atoms with Crippen molar-refractivity contribution in [3.8, 4) is 0 Å². The summed E-state index contributed by atoms with van der Waals surface area (Å²) in [7, 11) is 0. The van der Waals surface area contributed by atoms with Crippen LogP contribution in [0, 0.1) is 5.92 Å². The molecule has 1 saturated carbocycles. The van der Waals surface area contributed by atoms with Gasteiger partial charge >= 0.3 is 0 Å². The number of nitrogens with zero attached hydrogens (tertiary/aromatic N) is 2. The summed E-state index contributed by atoms with van der Waals surface area (Å²) >= 11 is 0. The van der Waals surface area contributed by atoms with E-state index in [1.807, 2.05) is 12.5 Å². The standard InChI is InChI=1S/C14H24N2/c1-2-4-7-14(8-5-3-1)9-6-11-16-12-10-15-13-16/h10,12-14H,1-9,11H2. The molecule has 0 amide bonds. The molecule has 1 aromatic rings. The van der Waals surface area contributed by atoms with Crippen molar-refractivity contribution in [3.05, 3.63) is 18.7 Å². The molecule has 16 heavy (non-hydrogen) atoms. The first-order valence-corrected chi connectivity index (χ1v) is 6.91. The van der Waals surface area contributed by atoms with E-state index in [0.717, 1.165) is 12.5 Å². The van der Waals surface area contributed by atoms with Crippen molar-refractivity contribution in [3.63, 3.8) is 0 Å². The Morgan fingerprint density at radius 3 is 2.50 bits per heavy atom. The van der Waals surface area contributed by atoms with E-state index in [2.05, 4.69) is 15.7 Å². The molecule has 1 aliphatic rings. The Morgan fingerprint density at radius 1 is 1.06 bits per heavy atom. The van der Waals surface area contributed by atoms with Gasteiger partial charge in [0.1, 0.15) is 0 Å². The van der Waals surface area contributed by atoms with Crippen LogP contribution in [0.2, 0.25) is 0 Å². The number of rotatable bonds is 4. The SMILES string of the molecule is c1cn(CCCC2CCCCCCC2)cn1. The monoisotopic (exact) mass is 220 g/mol. The van der Waals surface area contributed by atoms with Gasteiger partial charge in [0.15, 0.2) is 0 Å². The lowest BCUT2D eigenvalue weighted by atomic mass is 9.88. The minimum absolute atomic E-state index is 1.00. The first-order chi connectivity index (χ1) is 7.95. The lowest BCUT2D eigenvalue weighted by Crippen LogP contribution is -2.05. The van der Waals surface area contributed by atoms with E-state index >= 15 is 0 Å². The van der Waals surface area contributed by atoms with Gasteiger partial charge in [-0.25, -0.2) is 4.98 Å². The second-order valence-corrected chi connectivity index (χ2v) is 5.15. The van der Waals surface area contributed by atoms with Crippen molar-refractivity contribution in [1.29, 1.82) is 0 Å². The molecule has 1 fully saturated rings.